The lowest BCUT2D eigenvalue weighted by molar-refractivity contribution is 0.832. The van der Waals surface area contributed by atoms with Crippen LogP contribution in [0.5, 0.6) is 0 Å². The third kappa shape index (κ3) is 3.41. The first-order valence-corrected chi connectivity index (χ1v) is 5.58. The molecule has 0 amide bonds. The first-order valence-electron chi connectivity index (χ1n) is 5.58. The molecule has 14 heavy (non-hydrogen) atoms. The van der Waals surface area contributed by atoms with Gasteiger partial charge in [-0.15, -0.1) is 0 Å². The molecule has 0 saturated carbocycles. The zero-order chi connectivity index (χ0) is 10.4. The van der Waals surface area contributed by atoms with Gasteiger partial charge >= 0.3 is 0 Å². The molecule has 0 aromatic heterocycles. The minimum Gasteiger partial charge on any atom is -0.385 e. The molecule has 0 bridgehead atoms. The molecular weight excluding hydrogens is 170 g/mol. The van der Waals surface area contributed by atoms with Crippen molar-refractivity contribution in [1.82, 2.24) is 0 Å². The van der Waals surface area contributed by atoms with Gasteiger partial charge in [-0.1, -0.05) is 39.3 Å². The van der Waals surface area contributed by atoms with Crippen molar-refractivity contribution in [1.29, 1.82) is 0 Å². The van der Waals surface area contributed by atoms with Crippen LogP contribution in [-0.4, -0.2) is 6.54 Å². The Morgan fingerprint density at radius 2 is 2.07 bits per heavy atom. The summed E-state index contributed by atoms with van der Waals surface area (Å²) < 4.78 is 0. The summed E-state index contributed by atoms with van der Waals surface area (Å²) in [6.45, 7) is 7.75. The first-order chi connectivity index (χ1) is 6.74. The van der Waals surface area contributed by atoms with Crippen LogP contribution in [0.3, 0.4) is 0 Å². The number of benzene rings is 1. The highest BCUT2D eigenvalue weighted by Gasteiger charge is 1.99. The minimum absolute atomic E-state index is 0.614. The molecule has 1 aromatic rings. The van der Waals surface area contributed by atoms with Gasteiger partial charge in [0.1, 0.15) is 0 Å². The molecule has 1 N–H and O–H groups in total. The third-order valence-electron chi connectivity index (χ3n) is 2.41. The predicted molar refractivity (Wildman–Crippen MR) is 63.9 cm³/mol. The summed E-state index contributed by atoms with van der Waals surface area (Å²) in [4.78, 5) is 0. The summed E-state index contributed by atoms with van der Waals surface area (Å²) in [6.07, 6.45) is 2.49. The van der Waals surface area contributed by atoms with Crippen molar-refractivity contribution >= 4 is 5.69 Å². The fourth-order valence-electron chi connectivity index (χ4n) is 1.42. The average molecular weight is 191 g/mol. The average Bonchev–Trinajstić information content (AvgIpc) is 2.19. The van der Waals surface area contributed by atoms with E-state index in [1.54, 1.807) is 0 Å². The van der Waals surface area contributed by atoms with Gasteiger partial charge in [-0.25, -0.2) is 0 Å². The Balaban J connectivity index is 2.55. The molecule has 0 atom stereocenters. The van der Waals surface area contributed by atoms with Crippen molar-refractivity contribution in [3.8, 4) is 0 Å². The molecular formula is C13H21N. The zero-order valence-electron chi connectivity index (χ0n) is 9.51. The number of hydrogen-bond acceptors (Lipinski definition) is 1. The van der Waals surface area contributed by atoms with Crippen molar-refractivity contribution in [3.63, 3.8) is 0 Å². The molecule has 0 unspecified atom stereocenters. The Morgan fingerprint density at radius 1 is 1.29 bits per heavy atom. The van der Waals surface area contributed by atoms with Gasteiger partial charge in [-0.3, -0.25) is 0 Å². The van der Waals surface area contributed by atoms with Crippen molar-refractivity contribution in [2.24, 2.45) is 0 Å². The molecule has 1 heteroatoms. The van der Waals surface area contributed by atoms with E-state index in [1.165, 1.54) is 24.1 Å². The van der Waals surface area contributed by atoms with E-state index in [2.05, 4.69) is 50.4 Å². The quantitative estimate of drug-likeness (QED) is 0.693. The Labute approximate surface area is 87.5 Å². The second-order valence-electron chi connectivity index (χ2n) is 4.06. The zero-order valence-corrected chi connectivity index (χ0v) is 9.51. The second kappa shape index (κ2) is 5.69. The van der Waals surface area contributed by atoms with E-state index in [1.807, 2.05) is 0 Å². The first kappa shape index (κ1) is 11.1. The van der Waals surface area contributed by atoms with Crippen molar-refractivity contribution in [2.75, 3.05) is 11.9 Å². The van der Waals surface area contributed by atoms with Crippen LogP contribution in [0.15, 0.2) is 24.3 Å². The van der Waals surface area contributed by atoms with Gasteiger partial charge in [0, 0.05) is 12.2 Å². The fourth-order valence-corrected chi connectivity index (χ4v) is 1.42. The molecule has 1 aromatic carbocycles. The Kier molecular flexibility index (Phi) is 4.51. The summed E-state index contributed by atoms with van der Waals surface area (Å²) in [6, 6.07) is 8.71. The summed E-state index contributed by atoms with van der Waals surface area (Å²) in [5.41, 5.74) is 2.66. The molecule has 0 saturated heterocycles. The molecule has 0 aliphatic rings. The molecule has 0 aliphatic carbocycles. The normalized spacial score (nSPS) is 10.6. The molecule has 1 nitrogen and oxygen atoms in total. The van der Waals surface area contributed by atoms with E-state index >= 15 is 0 Å². The summed E-state index contributed by atoms with van der Waals surface area (Å²) in [5.74, 6) is 0.614. The van der Waals surface area contributed by atoms with Gasteiger partial charge in [-0.05, 0) is 30.0 Å². The number of hydrogen-bond donors (Lipinski definition) is 1. The standard InChI is InChI=1S/C13H21N/c1-4-5-9-14-13-8-6-7-12(10-13)11(2)3/h6-8,10-11,14H,4-5,9H2,1-3H3. The third-order valence-corrected chi connectivity index (χ3v) is 2.41. The van der Waals surface area contributed by atoms with Gasteiger partial charge < -0.3 is 5.32 Å². The molecule has 0 aliphatic heterocycles. The minimum atomic E-state index is 0.614. The maximum Gasteiger partial charge on any atom is 0.0343 e. The topological polar surface area (TPSA) is 12.0 Å². The summed E-state index contributed by atoms with van der Waals surface area (Å²) in [5, 5.41) is 3.44. The van der Waals surface area contributed by atoms with Crippen LogP contribution in [-0.2, 0) is 0 Å². The number of nitrogens with one attached hydrogen (secondary N) is 1. The van der Waals surface area contributed by atoms with Crippen LogP contribution in [0.2, 0.25) is 0 Å². The van der Waals surface area contributed by atoms with Gasteiger partial charge in [0.05, 0.1) is 0 Å². The van der Waals surface area contributed by atoms with Crippen LogP contribution in [0, 0.1) is 0 Å². The van der Waals surface area contributed by atoms with Crippen molar-refractivity contribution in [3.05, 3.63) is 29.8 Å². The van der Waals surface area contributed by atoms with Crippen LogP contribution < -0.4 is 5.32 Å². The number of unbranched alkanes of at least 4 members (excludes halogenated alkanes) is 1. The predicted octanol–water partition coefficient (Wildman–Crippen LogP) is 4.02. The monoisotopic (exact) mass is 191 g/mol. The van der Waals surface area contributed by atoms with Gasteiger partial charge in [0.15, 0.2) is 0 Å². The Hall–Kier alpha value is -0.980. The number of rotatable bonds is 5. The largest absolute Gasteiger partial charge is 0.385 e. The van der Waals surface area contributed by atoms with Gasteiger partial charge in [0.2, 0.25) is 0 Å². The molecule has 0 spiro atoms. The molecule has 0 radical (unpaired) electrons. The second-order valence-corrected chi connectivity index (χ2v) is 4.06. The highest BCUT2D eigenvalue weighted by molar-refractivity contribution is 5.46. The van der Waals surface area contributed by atoms with E-state index < -0.39 is 0 Å². The van der Waals surface area contributed by atoms with Gasteiger partial charge in [0.25, 0.3) is 0 Å². The smallest absolute Gasteiger partial charge is 0.0343 e. The number of anilines is 1. The van der Waals surface area contributed by atoms with Crippen LogP contribution >= 0.6 is 0 Å². The van der Waals surface area contributed by atoms with Crippen LogP contribution in [0.4, 0.5) is 5.69 Å². The van der Waals surface area contributed by atoms with Crippen LogP contribution in [0.25, 0.3) is 0 Å². The lowest BCUT2D eigenvalue weighted by Gasteiger charge is -2.09. The molecule has 0 heterocycles. The lowest BCUT2D eigenvalue weighted by Crippen LogP contribution is -2.01. The SMILES string of the molecule is CCCCNc1cccc(C(C)C)c1. The van der Waals surface area contributed by atoms with Crippen molar-refractivity contribution < 1.29 is 0 Å². The highest BCUT2D eigenvalue weighted by atomic mass is 14.9. The molecule has 0 fully saturated rings. The van der Waals surface area contributed by atoms with E-state index in [0.29, 0.717) is 5.92 Å². The maximum atomic E-state index is 3.44. The Morgan fingerprint density at radius 3 is 2.71 bits per heavy atom. The van der Waals surface area contributed by atoms with Crippen LogP contribution in [0.1, 0.15) is 45.1 Å². The lowest BCUT2D eigenvalue weighted by atomic mass is 10.0. The van der Waals surface area contributed by atoms with E-state index in [4.69, 9.17) is 0 Å². The van der Waals surface area contributed by atoms with E-state index in [0.717, 1.165) is 6.54 Å². The summed E-state index contributed by atoms with van der Waals surface area (Å²) in [7, 11) is 0. The molecule has 1 rings (SSSR count). The Bertz CT molecular complexity index is 266. The summed E-state index contributed by atoms with van der Waals surface area (Å²) >= 11 is 0. The molecule has 78 valence electrons. The van der Waals surface area contributed by atoms with E-state index in [-0.39, 0.29) is 0 Å². The fraction of sp³-hybridized carbons (Fsp3) is 0.538. The van der Waals surface area contributed by atoms with Crippen molar-refractivity contribution in [2.45, 2.75) is 39.5 Å². The van der Waals surface area contributed by atoms with Gasteiger partial charge in [-0.2, -0.15) is 0 Å². The van der Waals surface area contributed by atoms with E-state index in [9.17, 15) is 0 Å². The maximum absolute atomic E-state index is 3.44. The highest BCUT2D eigenvalue weighted by Crippen LogP contribution is 2.18.